The van der Waals surface area contributed by atoms with Crippen molar-refractivity contribution in [3.63, 3.8) is 0 Å². The molecule has 118 valence electrons. The Balaban J connectivity index is 1.98. The molecule has 3 amide bonds. The van der Waals surface area contributed by atoms with E-state index in [0.717, 1.165) is 0 Å². The lowest BCUT2D eigenvalue weighted by atomic mass is 10.1. The van der Waals surface area contributed by atoms with Gasteiger partial charge in [0.15, 0.2) is 0 Å². The topological polar surface area (TPSA) is 87.7 Å². The van der Waals surface area contributed by atoms with E-state index in [9.17, 15) is 14.4 Å². The molecule has 7 nitrogen and oxygen atoms in total. The van der Waals surface area contributed by atoms with E-state index in [4.69, 9.17) is 4.74 Å². The standard InChI is InChI=1S/C15H19N3O4/c1-10(2)17-13(19)9-16-14(20)11-4-3-5-12(8-11)18-6-7-22-15(18)21/h3-5,8,10H,6-7,9H2,1-2H3,(H,16,20)(H,17,19). The van der Waals surface area contributed by atoms with Gasteiger partial charge in [-0.05, 0) is 32.0 Å². The predicted octanol–water partition coefficient (Wildman–Crippen LogP) is 0.898. The fraction of sp³-hybridized carbons (Fsp3) is 0.400. The highest BCUT2D eigenvalue weighted by atomic mass is 16.6. The summed E-state index contributed by atoms with van der Waals surface area (Å²) >= 11 is 0. The molecule has 1 fully saturated rings. The molecule has 2 N–H and O–H groups in total. The number of rotatable bonds is 5. The summed E-state index contributed by atoms with van der Waals surface area (Å²) in [5.74, 6) is -0.615. The molecule has 1 aromatic rings. The Bertz CT molecular complexity index is 586. The monoisotopic (exact) mass is 305 g/mol. The van der Waals surface area contributed by atoms with Crippen LogP contribution in [0.3, 0.4) is 0 Å². The molecule has 0 aromatic heterocycles. The number of ether oxygens (including phenoxy) is 1. The van der Waals surface area contributed by atoms with E-state index in [1.807, 2.05) is 13.8 Å². The zero-order valence-electron chi connectivity index (χ0n) is 12.6. The third-order valence-corrected chi connectivity index (χ3v) is 3.04. The maximum Gasteiger partial charge on any atom is 0.414 e. The first-order valence-corrected chi connectivity index (χ1v) is 7.09. The van der Waals surface area contributed by atoms with Gasteiger partial charge in [0.1, 0.15) is 6.61 Å². The Morgan fingerprint density at radius 3 is 2.77 bits per heavy atom. The van der Waals surface area contributed by atoms with Crippen molar-refractivity contribution in [1.29, 1.82) is 0 Å². The summed E-state index contributed by atoms with van der Waals surface area (Å²) in [6, 6.07) is 6.66. The molecular weight excluding hydrogens is 286 g/mol. The number of carbonyl (C=O) groups excluding carboxylic acids is 3. The van der Waals surface area contributed by atoms with Gasteiger partial charge in [-0.15, -0.1) is 0 Å². The highest BCUT2D eigenvalue weighted by Gasteiger charge is 2.24. The van der Waals surface area contributed by atoms with E-state index in [1.165, 1.54) is 4.90 Å². The SMILES string of the molecule is CC(C)NC(=O)CNC(=O)c1cccc(N2CCOC2=O)c1. The molecule has 0 radical (unpaired) electrons. The second-order valence-corrected chi connectivity index (χ2v) is 5.22. The van der Waals surface area contributed by atoms with Crippen molar-refractivity contribution < 1.29 is 19.1 Å². The van der Waals surface area contributed by atoms with Gasteiger partial charge in [0.05, 0.1) is 13.1 Å². The summed E-state index contributed by atoms with van der Waals surface area (Å²) in [5.41, 5.74) is 0.983. The molecule has 7 heteroatoms. The van der Waals surface area contributed by atoms with Crippen LogP contribution in [-0.2, 0) is 9.53 Å². The molecular formula is C15H19N3O4. The van der Waals surface area contributed by atoms with Crippen LogP contribution in [0.25, 0.3) is 0 Å². The van der Waals surface area contributed by atoms with Crippen molar-refractivity contribution in [1.82, 2.24) is 10.6 Å². The largest absolute Gasteiger partial charge is 0.447 e. The summed E-state index contributed by atoms with van der Waals surface area (Å²) < 4.78 is 4.87. The van der Waals surface area contributed by atoms with E-state index in [-0.39, 0.29) is 24.4 Å². The number of cyclic esters (lactones) is 1. The first-order valence-electron chi connectivity index (χ1n) is 7.09. The average molecular weight is 305 g/mol. The number of hydrogen-bond donors (Lipinski definition) is 2. The summed E-state index contributed by atoms with van der Waals surface area (Å²) in [5, 5.41) is 5.24. The van der Waals surface area contributed by atoms with Crippen LogP contribution < -0.4 is 15.5 Å². The minimum atomic E-state index is -0.422. The van der Waals surface area contributed by atoms with Gasteiger partial charge in [0, 0.05) is 17.3 Å². The van der Waals surface area contributed by atoms with Crippen LogP contribution in [0.4, 0.5) is 10.5 Å². The highest BCUT2D eigenvalue weighted by molar-refractivity contribution is 5.98. The number of nitrogens with one attached hydrogen (secondary N) is 2. The van der Waals surface area contributed by atoms with Gasteiger partial charge < -0.3 is 15.4 Å². The number of nitrogens with zero attached hydrogens (tertiary/aromatic N) is 1. The van der Waals surface area contributed by atoms with Crippen LogP contribution in [-0.4, -0.2) is 43.6 Å². The van der Waals surface area contributed by atoms with Gasteiger partial charge in [-0.1, -0.05) is 6.07 Å². The van der Waals surface area contributed by atoms with Crippen molar-refractivity contribution in [2.75, 3.05) is 24.6 Å². The maximum atomic E-state index is 12.1. The highest BCUT2D eigenvalue weighted by Crippen LogP contribution is 2.19. The second kappa shape index (κ2) is 6.93. The minimum Gasteiger partial charge on any atom is -0.447 e. The fourth-order valence-electron chi connectivity index (χ4n) is 2.08. The minimum absolute atomic E-state index is 0.0221. The maximum absolute atomic E-state index is 12.1. The molecule has 22 heavy (non-hydrogen) atoms. The van der Waals surface area contributed by atoms with Crippen molar-refractivity contribution in [2.45, 2.75) is 19.9 Å². The van der Waals surface area contributed by atoms with Gasteiger partial charge in [-0.3, -0.25) is 14.5 Å². The van der Waals surface area contributed by atoms with E-state index in [2.05, 4.69) is 10.6 Å². The average Bonchev–Trinajstić information content (AvgIpc) is 2.90. The Hall–Kier alpha value is -2.57. The van der Waals surface area contributed by atoms with Crippen LogP contribution in [0.5, 0.6) is 0 Å². The van der Waals surface area contributed by atoms with E-state index in [0.29, 0.717) is 24.4 Å². The molecule has 2 rings (SSSR count). The zero-order valence-corrected chi connectivity index (χ0v) is 12.6. The van der Waals surface area contributed by atoms with E-state index >= 15 is 0 Å². The Kier molecular flexibility index (Phi) is 4.98. The number of hydrogen-bond acceptors (Lipinski definition) is 4. The summed E-state index contributed by atoms with van der Waals surface area (Å²) in [6.45, 7) is 4.40. The molecule has 0 unspecified atom stereocenters. The summed E-state index contributed by atoms with van der Waals surface area (Å²) in [6.07, 6.45) is -0.422. The molecule has 0 spiro atoms. The molecule has 0 atom stereocenters. The molecule has 1 saturated heterocycles. The van der Waals surface area contributed by atoms with Gasteiger partial charge in [-0.25, -0.2) is 4.79 Å². The third kappa shape index (κ3) is 3.97. The van der Waals surface area contributed by atoms with Gasteiger partial charge in [-0.2, -0.15) is 0 Å². The summed E-state index contributed by atoms with van der Waals surface area (Å²) in [7, 11) is 0. The Morgan fingerprint density at radius 2 is 2.14 bits per heavy atom. The van der Waals surface area contributed by atoms with Crippen molar-refractivity contribution in [2.24, 2.45) is 0 Å². The number of anilines is 1. The molecule has 0 bridgehead atoms. The Morgan fingerprint density at radius 1 is 1.36 bits per heavy atom. The quantitative estimate of drug-likeness (QED) is 0.846. The van der Waals surface area contributed by atoms with Crippen LogP contribution >= 0.6 is 0 Å². The number of amides is 3. The van der Waals surface area contributed by atoms with E-state index in [1.54, 1.807) is 24.3 Å². The first-order chi connectivity index (χ1) is 10.5. The van der Waals surface area contributed by atoms with Crippen molar-refractivity contribution >= 4 is 23.6 Å². The van der Waals surface area contributed by atoms with Crippen LogP contribution in [0.2, 0.25) is 0 Å². The predicted molar refractivity (Wildman–Crippen MR) is 80.7 cm³/mol. The van der Waals surface area contributed by atoms with Gasteiger partial charge in [0.2, 0.25) is 5.91 Å². The lowest BCUT2D eigenvalue weighted by Crippen LogP contribution is -2.39. The van der Waals surface area contributed by atoms with Gasteiger partial charge >= 0.3 is 6.09 Å². The summed E-state index contributed by atoms with van der Waals surface area (Å²) in [4.78, 5) is 36.6. The van der Waals surface area contributed by atoms with Crippen molar-refractivity contribution in [3.05, 3.63) is 29.8 Å². The van der Waals surface area contributed by atoms with Gasteiger partial charge in [0.25, 0.3) is 5.91 Å². The zero-order chi connectivity index (χ0) is 16.1. The smallest absolute Gasteiger partial charge is 0.414 e. The molecule has 1 aliphatic heterocycles. The van der Waals surface area contributed by atoms with E-state index < -0.39 is 6.09 Å². The molecule has 1 aliphatic rings. The number of carbonyl (C=O) groups is 3. The third-order valence-electron chi connectivity index (χ3n) is 3.04. The number of benzene rings is 1. The van der Waals surface area contributed by atoms with Crippen LogP contribution in [0, 0.1) is 0 Å². The van der Waals surface area contributed by atoms with Crippen molar-refractivity contribution in [3.8, 4) is 0 Å². The first kappa shape index (κ1) is 15.8. The fourth-order valence-corrected chi connectivity index (χ4v) is 2.08. The molecule has 0 saturated carbocycles. The second-order valence-electron chi connectivity index (χ2n) is 5.22. The normalized spacial score (nSPS) is 14.0. The van der Waals surface area contributed by atoms with Crippen LogP contribution in [0.1, 0.15) is 24.2 Å². The lowest BCUT2D eigenvalue weighted by Gasteiger charge is -2.14. The van der Waals surface area contributed by atoms with Crippen LogP contribution in [0.15, 0.2) is 24.3 Å². The molecule has 1 heterocycles. The Labute approximate surface area is 128 Å². The molecule has 0 aliphatic carbocycles. The molecule has 1 aromatic carbocycles. The lowest BCUT2D eigenvalue weighted by molar-refractivity contribution is -0.120.